The Bertz CT molecular complexity index is 879. The highest BCUT2D eigenvalue weighted by molar-refractivity contribution is 5.89. The van der Waals surface area contributed by atoms with E-state index in [1.807, 2.05) is 24.5 Å². The fourth-order valence-electron chi connectivity index (χ4n) is 5.80. The summed E-state index contributed by atoms with van der Waals surface area (Å²) < 4.78 is 0. The molecule has 0 radical (unpaired) electrons. The van der Waals surface area contributed by atoms with Gasteiger partial charge in [0.15, 0.2) is 0 Å². The predicted octanol–water partition coefficient (Wildman–Crippen LogP) is 3.62. The lowest BCUT2D eigenvalue weighted by Gasteiger charge is -2.36. The van der Waals surface area contributed by atoms with Crippen LogP contribution < -0.4 is 0 Å². The van der Waals surface area contributed by atoms with Crippen LogP contribution in [0.3, 0.4) is 0 Å². The molecule has 3 aliphatic rings. The van der Waals surface area contributed by atoms with Crippen molar-refractivity contribution in [1.82, 2.24) is 14.8 Å². The molecule has 2 saturated heterocycles. The van der Waals surface area contributed by atoms with E-state index >= 15 is 0 Å². The van der Waals surface area contributed by atoms with Gasteiger partial charge in [-0.05, 0) is 48.1 Å². The molecule has 5 heteroatoms. The van der Waals surface area contributed by atoms with Crippen molar-refractivity contribution in [2.24, 2.45) is 0 Å². The van der Waals surface area contributed by atoms with Gasteiger partial charge in [0.05, 0.1) is 6.10 Å². The zero-order valence-electron chi connectivity index (χ0n) is 17.5. The Morgan fingerprint density at radius 1 is 1.00 bits per heavy atom. The Labute approximate surface area is 178 Å². The number of hydrogen-bond acceptors (Lipinski definition) is 4. The molecule has 1 N–H and O–H groups in total. The molecule has 158 valence electrons. The molecule has 1 saturated carbocycles. The fraction of sp³-hybridized carbons (Fsp3) is 0.520. The maximum Gasteiger partial charge on any atom is 0.243 e. The van der Waals surface area contributed by atoms with Crippen molar-refractivity contribution >= 4 is 5.91 Å². The Balaban J connectivity index is 1.33. The third-order valence-electron chi connectivity index (χ3n) is 7.39. The minimum absolute atomic E-state index is 0.263. The molecule has 1 aliphatic carbocycles. The number of hydrogen-bond donors (Lipinski definition) is 1. The van der Waals surface area contributed by atoms with Crippen LogP contribution in [0.2, 0.25) is 0 Å². The Morgan fingerprint density at radius 2 is 1.70 bits per heavy atom. The number of carbonyl (C=O) groups is 1. The van der Waals surface area contributed by atoms with E-state index in [0.717, 1.165) is 36.9 Å². The monoisotopic (exact) mass is 405 g/mol. The number of carbonyl (C=O) groups excluding carboxylic acids is 1. The van der Waals surface area contributed by atoms with Crippen LogP contribution in [0.25, 0.3) is 11.1 Å². The first-order chi connectivity index (χ1) is 14.7. The van der Waals surface area contributed by atoms with Gasteiger partial charge in [0.2, 0.25) is 5.91 Å². The number of benzene rings is 1. The highest BCUT2D eigenvalue weighted by Crippen LogP contribution is 2.42. The zero-order chi connectivity index (χ0) is 20.6. The van der Waals surface area contributed by atoms with Crippen LogP contribution in [0, 0.1) is 0 Å². The Morgan fingerprint density at radius 3 is 2.43 bits per heavy atom. The van der Waals surface area contributed by atoms with Gasteiger partial charge in [-0.25, -0.2) is 0 Å². The standard InChI is InChI=1S/C25H31N3O2/c29-23-16-25(12-15-28(24(25)30)22-4-2-1-3-5-22)27(18-23)17-19-6-8-20(9-7-19)21-10-13-26-14-11-21/h6-11,13-14,22-23,29H,1-5,12,15-18H2/t23-,25+/m1/s1. The minimum atomic E-state index is -0.513. The molecule has 30 heavy (non-hydrogen) atoms. The van der Waals surface area contributed by atoms with Gasteiger partial charge in [-0.15, -0.1) is 0 Å². The second-order valence-corrected chi connectivity index (χ2v) is 9.24. The van der Waals surface area contributed by atoms with Crippen molar-refractivity contribution in [3.05, 3.63) is 54.4 Å². The van der Waals surface area contributed by atoms with E-state index in [0.29, 0.717) is 25.6 Å². The first kappa shape index (κ1) is 19.7. The molecule has 3 fully saturated rings. The predicted molar refractivity (Wildman–Crippen MR) is 117 cm³/mol. The Hall–Kier alpha value is -2.24. The lowest BCUT2D eigenvalue weighted by atomic mass is 9.91. The second kappa shape index (κ2) is 8.12. The lowest BCUT2D eigenvalue weighted by molar-refractivity contribution is -0.139. The molecule has 0 unspecified atom stereocenters. The van der Waals surface area contributed by atoms with Crippen molar-refractivity contribution in [3.63, 3.8) is 0 Å². The normalized spacial score (nSPS) is 28.0. The summed E-state index contributed by atoms with van der Waals surface area (Å²) in [5.74, 6) is 0.263. The van der Waals surface area contributed by atoms with Crippen molar-refractivity contribution in [2.45, 2.75) is 69.2 Å². The van der Waals surface area contributed by atoms with E-state index in [-0.39, 0.29) is 5.91 Å². The lowest BCUT2D eigenvalue weighted by Crippen LogP contribution is -2.51. The summed E-state index contributed by atoms with van der Waals surface area (Å²) in [6.45, 7) is 2.13. The molecule has 2 aliphatic heterocycles. The van der Waals surface area contributed by atoms with E-state index in [2.05, 4.69) is 39.0 Å². The highest BCUT2D eigenvalue weighted by Gasteiger charge is 2.56. The summed E-state index contributed by atoms with van der Waals surface area (Å²) in [7, 11) is 0. The SMILES string of the molecule is O=C1N(C2CCCCC2)CC[C@]12C[C@@H](O)CN2Cc1ccc(-c2ccncc2)cc1. The summed E-state index contributed by atoms with van der Waals surface area (Å²) in [4.78, 5) is 22.1. The summed E-state index contributed by atoms with van der Waals surface area (Å²) in [5.41, 5.74) is 2.99. The molecule has 1 amide bonds. The highest BCUT2D eigenvalue weighted by atomic mass is 16.3. The molecular formula is C25H31N3O2. The molecule has 1 aromatic heterocycles. The molecule has 2 atom stereocenters. The van der Waals surface area contributed by atoms with Gasteiger partial charge in [-0.1, -0.05) is 43.5 Å². The number of likely N-dealkylation sites (tertiary alicyclic amines) is 2. The molecule has 3 heterocycles. The average molecular weight is 406 g/mol. The number of pyridine rings is 1. The van der Waals surface area contributed by atoms with Gasteiger partial charge >= 0.3 is 0 Å². The zero-order valence-corrected chi connectivity index (χ0v) is 17.5. The van der Waals surface area contributed by atoms with Crippen molar-refractivity contribution < 1.29 is 9.90 Å². The van der Waals surface area contributed by atoms with Gasteiger partial charge in [-0.2, -0.15) is 0 Å². The van der Waals surface area contributed by atoms with Gasteiger partial charge in [0, 0.05) is 44.5 Å². The summed E-state index contributed by atoms with van der Waals surface area (Å²) in [6, 6.07) is 13.0. The fourth-order valence-corrected chi connectivity index (χ4v) is 5.80. The minimum Gasteiger partial charge on any atom is -0.392 e. The topological polar surface area (TPSA) is 56.7 Å². The maximum absolute atomic E-state index is 13.6. The van der Waals surface area contributed by atoms with E-state index < -0.39 is 11.6 Å². The van der Waals surface area contributed by atoms with Crippen molar-refractivity contribution in [1.29, 1.82) is 0 Å². The summed E-state index contributed by atoms with van der Waals surface area (Å²) in [6.07, 6.45) is 10.7. The van der Waals surface area contributed by atoms with Crippen LogP contribution in [0.5, 0.6) is 0 Å². The van der Waals surface area contributed by atoms with Crippen LogP contribution in [-0.4, -0.2) is 56.6 Å². The van der Waals surface area contributed by atoms with Crippen LogP contribution in [-0.2, 0) is 11.3 Å². The first-order valence-electron chi connectivity index (χ1n) is 11.4. The third-order valence-corrected chi connectivity index (χ3v) is 7.39. The number of aliphatic hydroxyl groups is 1. The molecule has 5 rings (SSSR count). The average Bonchev–Trinajstić information content (AvgIpc) is 3.29. The quantitative estimate of drug-likeness (QED) is 0.844. The van der Waals surface area contributed by atoms with Crippen molar-refractivity contribution in [2.75, 3.05) is 13.1 Å². The number of amides is 1. The van der Waals surface area contributed by atoms with E-state index in [1.165, 1.54) is 24.8 Å². The smallest absolute Gasteiger partial charge is 0.243 e. The first-order valence-corrected chi connectivity index (χ1v) is 11.4. The number of nitrogens with zero attached hydrogens (tertiary/aromatic N) is 3. The number of rotatable bonds is 4. The van der Waals surface area contributed by atoms with Crippen LogP contribution in [0.15, 0.2) is 48.8 Å². The molecule has 2 aromatic rings. The Kier molecular flexibility index (Phi) is 5.34. The molecule has 1 aromatic carbocycles. The van der Waals surface area contributed by atoms with E-state index in [9.17, 15) is 9.90 Å². The third kappa shape index (κ3) is 3.54. The molecule has 0 bridgehead atoms. The van der Waals surface area contributed by atoms with E-state index in [1.54, 1.807) is 0 Å². The number of β-amino-alcohol motifs (C(OH)–C–C–N with tert-alkyl or cyclic N) is 1. The number of aliphatic hydroxyl groups excluding tert-OH is 1. The number of aromatic nitrogens is 1. The van der Waals surface area contributed by atoms with Crippen molar-refractivity contribution in [3.8, 4) is 11.1 Å². The second-order valence-electron chi connectivity index (χ2n) is 9.24. The van der Waals surface area contributed by atoms with Gasteiger partial charge in [-0.3, -0.25) is 14.7 Å². The molecular weight excluding hydrogens is 374 g/mol. The molecule has 1 spiro atoms. The maximum atomic E-state index is 13.6. The van der Waals surface area contributed by atoms with Gasteiger partial charge in [0.25, 0.3) is 0 Å². The van der Waals surface area contributed by atoms with Crippen LogP contribution >= 0.6 is 0 Å². The largest absolute Gasteiger partial charge is 0.392 e. The van der Waals surface area contributed by atoms with Gasteiger partial charge in [0.1, 0.15) is 5.54 Å². The summed E-state index contributed by atoms with van der Waals surface area (Å²) >= 11 is 0. The van der Waals surface area contributed by atoms with Gasteiger partial charge < -0.3 is 10.0 Å². The molecule has 5 nitrogen and oxygen atoms in total. The summed E-state index contributed by atoms with van der Waals surface area (Å²) in [5, 5.41) is 10.5. The van der Waals surface area contributed by atoms with Crippen LogP contribution in [0.4, 0.5) is 0 Å². The van der Waals surface area contributed by atoms with Crippen LogP contribution in [0.1, 0.15) is 50.5 Å². The van der Waals surface area contributed by atoms with E-state index in [4.69, 9.17) is 0 Å².